The van der Waals surface area contributed by atoms with Crippen molar-refractivity contribution in [3.8, 4) is 0 Å². The highest BCUT2D eigenvalue weighted by Crippen LogP contribution is 2.47. The lowest BCUT2D eigenvalue weighted by molar-refractivity contribution is -0.401. The molecule has 0 saturated heterocycles. The largest absolute Gasteiger partial charge is 0.347 e. The van der Waals surface area contributed by atoms with Gasteiger partial charge in [-0.25, -0.2) is 0 Å². The first-order valence-corrected chi connectivity index (χ1v) is 14.5. The minimum absolute atomic E-state index is 0.140. The van der Waals surface area contributed by atoms with Crippen molar-refractivity contribution < 1.29 is 30.5 Å². The molecule has 2 heterocycles. The molecular formula is C27H31N2O6S2+. The third-order valence-corrected chi connectivity index (χ3v) is 9.04. The number of rotatable bonds is 5. The number of hydrogen-bond acceptors (Lipinski definition) is 5. The quantitative estimate of drug-likeness (QED) is 0.321. The third kappa shape index (κ3) is 4.59. The summed E-state index contributed by atoms with van der Waals surface area (Å²) in [5.41, 5.74) is 4.57. The van der Waals surface area contributed by atoms with Gasteiger partial charge in [0, 0.05) is 41.6 Å². The summed E-state index contributed by atoms with van der Waals surface area (Å²) in [7, 11) is -4.87. The van der Waals surface area contributed by atoms with Crippen LogP contribution in [0.1, 0.15) is 38.8 Å². The average molecular weight is 544 g/mol. The molecular weight excluding hydrogens is 512 g/mol. The highest BCUT2D eigenvalue weighted by Gasteiger charge is 2.43. The average Bonchev–Trinajstić information content (AvgIpc) is 3.10. The zero-order valence-electron chi connectivity index (χ0n) is 21.6. The molecule has 2 aromatic carbocycles. The zero-order chi connectivity index (χ0) is 27.6. The summed E-state index contributed by atoms with van der Waals surface area (Å²) < 4.78 is 67.2. The number of likely N-dealkylation sites (N-methyl/N-ethyl adjacent to an activating group) is 1. The SMILES string of the molecule is CN1/C(=C/C=C/C=C/C2=[N+](C)c3cc(S(=O)(=O)O)ccc3C2(C)C)C(C)(C)c2ccc(S(=O)(=O)O)cc21. The van der Waals surface area contributed by atoms with Crippen LogP contribution in [-0.4, -0.2) is 50.3 Å². The predicted octanol–water partition coefficient (Wildman–Crippen LogP) is 4.61. The van der Waals surface area contributed by atoms with E-state index in [2.05, 4.69) is 27.7 Å². The van der Waals surface area contributed by atoms with E-state index >= 15 is 0 Å². The van der Waals surface area contributed by atoms with Gasteiger partial charge in [0.05, 0.1) is 10.3 Å². The summed E-state index contributed by atoms with van der Waals surface area (Å²) in [5, 5.41) is 0. The second-order valence-electron chi connectivity index (χ2n) is 10.4. The number of allylic oxidation sites excluding steroid dienone is 6. The van der Waals surface area contributed by atoms with E-state index in [0.717, 1.165) is 33.9 Å². The van der Waals surface area contributed by atoms with Crippen LogP contribution >= 0.6 is 0 Å². The summed E-state index contributed by atoms with van der Waals surface area (Å²) in [6.45, 7) is 8.23. The maximum Gasteiger partial charge on any atom is 0.294 e. The maximum absolute atomic E-state index is 11.6. The van der Waals surface area contributed by atoms with E-state index in [-0.39, 0.29) is 20.6 Å². The molecule has 0 bridgehead atoms. The first kappa shape index (κ1) is 27.0. The van der Waals surface area contributed by atoms with E-state index in [0.29, 0.717) is 0 Å². The highest BCUT2D eigenvalue weighted by atomic mass is 32.2. The van der Waals surface area contributed by atoms with Crippen LogP contribution in [0.3, 0.4) is 0 Å². The van der Waals surface area contributed by atoms with Gasteiger partial charge < -0.3 is 4.90 Å². The lowest BCUT2D eigenvalue weighted by Crippen LogP contribution is -2.26. The minimum atomic E-state index is -4.30. The van der Waals surface area contributed by atoms with Gasteiger partial charge in [-0.2, -0.15) is 21.4 Å². The number of anilines is 1. The van der Waals surface area contributed by atoms with Crippen LogP contribution in [0, 0.1) is 0 Å². The highest BCUT2D eigenvalue weighted by molar-refractivity contribution is 7.86. The summed E-state index contributed by atoms with van der Waals surface area (Å²) in [6, 6.07) is 9.27. The molecule has 2 aromatic rings. The standard InChI is InChI=1S/C27H30N2O6S2/c1-26(2)20-14-12-18(36(30,31)32)16-22(20)28(5)24(26)10-8-7-9-11-25-27(3,4)21-15-13-19(37(33,34)35)17-23(21)29(25)6/h7-17H,1-6H3,(H-,30,31,32,33,34,35)/p+1. The molecule has 8 nitrogen and oxygen atoms in total. The molecule has 0 fully saturated rings. The third-order valence-electron chi connectivity index (χ3n) is 7.34. The maximum atomic E-state index is 11.6. The first-order valence-electron chi connectivity index (χ1n) is 11.6. The van der Waals surface area contributed by atoms with E-state index in [1.807, 2.05) is 54.0 Å². The van der Waals surface area contributed by atoms with Gasteiger partial charge >= 0.3 is 0 Å². The Balaban J connectivity index is 1.61. The number of fused-ring (bicyclic) bond motifs is 2. The molecule has 2 N–H and O–H groups in total. The molecule has 0 saturated carbocycles. The van der Waals surface area contributed by atoms with Crippen LogP contribution < -0.4 is 4.90 Å². The van der Waals surface area contributed by atoms with Crippen LogP contribution in [0.25, 0.3) is 0 Å². The minimum Gasteiger partial charge on any atom is -0.347 e. The fourth-order valence-electron chi connectivity index (χ4n) is 5.33. The van der Waals surface area contributed by atoms with Crippen molar-refractivity contribution in [1.29, 1.82) is 0 Å². The van der Waals surface area contributed by atoms with Gasteiger partial charge in [0.15, 0.2) is 5.71 Å². The summed E-state index contributed by atoms with van der Waals surface area (Å²) in [6.07, 6.45) is 9.65. The molecule has 37 heavy (non-hydrogen) atoms. The zero-order valence-corrected chi connectivity index (χ0v) is 23.2. The predicted molar refractivity (Wildman–Crippen MR) is 144 cm³/mol. The van der Waals surface area contributed by atoms with Crippen molar-refractivity contribution in [1.82, 2.24) is 0 Å². The Morgan fingerprint density at radius 2 is 1.38 bits per heavy atom. The first-order chi connectivity index (χ1) is 17.0. The van der Waals surface area contributed by atoms with Gasteiger partial charge in [-0.15, -0.1) is 0 Å². The smallest absolute Gasteiger partial charge is 0.294 e. The number of hydrogen-bond donors (Lipinski definition) is 2. The second-order valence-corrected chi connectivity index (χ2v) is 13.2. The summed E-state index contributed by atoms with van der Waals surface area (Å²) in [4.78, 5) is 1.64. The molecule has 196 valence electrons. The number of benzene rings is 2. The lowest BCUT2D eigenvalue weighted by atomic mass is 9.81. The molecule has 0 amide bonds. The van der Waals surface area contributed by atoms with E-state index in [1.165, 1.54) is 24.3 Å². The summed E-state index contributed by atoms with van der Waals surface area (Å²) in [5.74, 6) is 0. The van der Waals surface area contributed by atoms with Gasteiger partial charge in [0.25, 0.3) is 20.2 Å². The van der Waals surface area contributed by atoms with Crippen molar-refractivity contribution in [3.63, 3.8) is 0 Å². The molecule has 2 aliphatic rings. The van der Waals surface area contributed by atoms with Crippen LogP contribution in [0.5, 0.6) is 0 Å². The normalized spacial score (nSPS) is 19.9. The summed E-state index contributed by atoms with van der Waals surface area (Å²) >= 11 is 0. The van der Waals surface area contributed by atoms with Crippen molar-refractivity contribution >= 4 is 37.3 Å². The Labute approximate surface area is 218 Å². The Morgan fingerprint density at radius 1 is 0.811 bits per heavy atom. The topological polar surface area (TPSA) is 115 Å². The molecule has 0 atom stereocenters. The van der Waals surface area contributed by atoms with Crippen molar-refractivity contribution in [3.05, 3.63) is 83.6 Å². The van der Waals surface area contributed by atoms with Crippen LogP contribution in [0.4, 0.5) is 11.4 Å². The molecule has 0 aromatic heterocycles. The number of nitrogens with zero attached hydrogens (tertiary/aromatic N) is 2. The lowest BCUT2D eigenvalue weighted by Gasteiger charge is -2.23. The van der Waals surface area contributed by atoms with Crippen molar-refractivity contribution in [2.24, 2.45) is 0 Å². The fraction of sp³-hybridized carbons (Fsp3) is 0.296. The molecule has 0 spiro atoms. The molecule has 0 radical (unpaired) electrons. The van der Waals surface area contributed by atoms with E-state index in [9.17, 15) is 25.9 Å². The van der Waals surface area contributed by atoms with E-state index in [1.54, 1.807) is 12.1 Å². The van der Waals surface area contributed by atoms with Crippen molar-refractivity contribution in [2.45, 2.75) is 48.3 Å². The monoisotopic (exact) mass is 543 g/mol. The van der Waals surface area contributed by atoms with Gasteiger partial charge in [-0.05, 0) is 49.8 Å². The fourth-order valence-corrected chi connectivity index (χ4v) is 6.33. The Hall–Kier alpha value is -3.05. The Bertz CT molecular complexity index is 1640. The van der Waals surface area contributed by atoms with Gasteiger partial charge in [-0.3, -0.25) is 9.11 Å². The van der Waals surface area contributed by atoms with Gasteiger partial charge in [0.1, 0.15) is 11.9 Å². The molecule has 2 aliphatic heterocycles. The van der Waals surface area contributed by atoms with E-state index < -0.39 is 20.2 Å². The van der Waals surface area contributed by atoms with Crippen LogP contribution in [-0.2, 0) is 31.1 Å². The molecule has 10 heteroatoms. The molecule has 0 unspecified atom stereocenters. The van der Waals surface area contributed by atoms with Crippen molar-refractivity contribution in [2.75, 3.05) is 19.0 Å². The van der Waals surface area contributed by atoms with E-state index in [4.69, 9.17) is 0 Å². The Morgan fingerprint density at radius 3 is 1.97 bits per heavy atom. The van der Waals surface area contributed by atoms with Gasteiger partial charge in [-0.1, -0.05) is 38.1 Å². The molecule has 4 rings (SSSR count). The van der Waals surface area contributed by atoms with Gasteiger partial charge in [0.2, 0.25) is 5.69 Å². The Kier molecular flexibility index (Phi) is 6.39. The van der Waals surface area contributed by atoms with Crippen LogP contribution in [0.15, 0.2) is 82.3 Å². The van der Waals surface area contributed by atoms with Crippen LogP contribution in [0.2, 0.25) is 0 Å². The second kappa shape index (κ2) is 8.76. The molecule has 0 aliphatic carbocycles.